The normalized spacial score (nSPS) is 11.1. The number of alkyl halides is 1. The molecule has 23 heavy (non-hydrogen) atoms. The fourth-order valence-electron chi connectivity index (χ4n) is 1.76. The molecule has 0 heterocycles. The van der Waals surface area contributed by atoms with E-state index in [4.69, 9.17) is 5.14 Å². The van der Waals surface area contributed by atoms with Gasteiger partial charge in [-0.15, -0.1) is 0 Å². The lowest BCUT2D eigenvalue weighted by Crippen LogP contribution is -2.20. The zero-order valence-corrected chi connectivity index (χ0v) is 12.5. The molecule has 0 saturated carbocycles. The molecule has 2 aromatic rings. The van der Waals surface area contributed by atoms with Crippen LogP contribution in [0.1, 0.15) is 5.56 Å². The number of benzene rings is 2. The molecule has 122 valence electrons. The molecule has 0 aromatic heterocycles. The Hall–Kier alpha value is -2.52. The van der Waals surface area contributed by atoms with Crippen LogP contribution in [-0.4, -0.2) is 14.4 Å². The van der Waals surface area contributed by atoms with Gasteiger partial charge in [0.1, 0.15) is 12.5 Å². The van der Waals surface area contributed by atoms with Gasteiger partial charge < -0.3 is 10.6 Å². The van der Waals surface area contributed by atoms with E-state index in [2.05, 4.69) is 10.6 Å². The molecule has 0 saturated heterocycles. The van der Waals surface area contributed by atoms with Gasteiger partial charge in [-0.3, -0.25) is 0 Å². The number of hydrogen-bond donors (Lipinski definition) is 3. The summed E-state index contributed by atoms with van der Waals surface area (Å²) in [4.78, 5) is 11.7. The van der Waals surface area contributed by atoms with Gasteiger partial charge in [0.25, 0.3) is 0 Å². The maximum absolute atomic E-state index is 13.5. The standard InChI is InChI=1S/C14H13F2N3O3S/c15-8-9-1-6-12(16)13(7-9)19-14(20)18-10-2-4-11(5-3-10)23(17,21)22/h1-7H,8H2,(H2,17,21,22)(H2,18,19,20). The van der Waals surface area contributed by atoms with Crippen molar-refractivity contribution in [2.45, 2.75) is 11.6 Å². The molecule has 0 atom stereocenters. The van der Waals surface area contributed by atoms with Crippen LogP contribution in [0.15, 0.2) is 47.4 Å². The molecule has 2 rings (SSSR count). The Morgan fingerprint density at radius 1 is 1.09 bits per heavy atom. The summed E-state index contributed by atoms with van der Waals surface area (Å²) >= 11 is 0. The fraction of sp³-hybridized carbons (Fsp3) is 0.0714. The molecule has 0 fully saturated rings. The Kier molecular flexibility index (Phi) is 4.92. The van der Waals surface area contributed by atoms with Gasteiger partial charge in [0.2, 0.25) is 10.0 Å². The van der Waals surface area contributed by atoms with Crippen molar-refractivity contribution in [2.75, 3.05) is 10.6 Å². The average molecular weight is 341 g/mol. The van der Waals surface area contributed by atoms with Crippen LogP contribution in [0.5, 0.6) is 0 Å². The summed E-state index contributed by atoms with van der Waals surface area (Å²) in [5.74, 6) is -0.707. The minimum absolute atomic E-state index is 0.106. The SMILES string of the molecule is NS(=O)(=O)c1ccc(NC(=O)Nc2cc(CF)ccc2F)cc1. The average Bonchev–Trinajstić information content (AvgIpc) is 2.49. The van der Waals surface area contributed by atoms with Crippen molar-refractivity contribution in [3.63, 3.8) is 0 Å². The molecule has 0 bridgehead atoms. The van der Waals surface area contributed by atoms with Gasteiger partial charge in [-0.1, -0.05) is 6.07 Å². The van der Waals surface area contributed by atoms with Crippen molar-refractivity contribution in [1.82, 2.24) is 0 Å². The zero-order valence-electron chi connectivity index (χ0n) is 11.7. The second-order valence-corrected chi connectivity index (χ2v) is 6.16. The van der Waals surface area contributed by atoms with Crippen LogP contribution < -0.4 is 15.8 Å². The highest BCUT2D eigenvalue weighted by Crippen LogP contribution is 2.18. The third-order valence-electron chi connectivity index (χ3n) is 2.87. The summed E-state index contributed by atoms with van der Waals surface area (Å²) in [6, 6.07) is 7.82. The number of primary sulfonamides is 1. The first kappa shape index (κ1) is 16.8. The molecule has 0 radical (unpaired) electrons. The molecule has 2 aromatic carbocycles. The smallest absolute Gasteiger partial charge is 0.308 e. The summed E-state index contributed by atoms with van der Waals surface area (Å²) < 4.78 is 48.3. The molecular formula is C14H13F2N3O3S. The van der Waals surface area contributed by atoms with Crippen molar-refractivity contribution < 1.29 is 22.0 Å². The van der Waals surface area contributed by atoms with Crippen LogP contribution in [0.3, 0.4) is 0 Å². The molecule has 6 nitrogen and oxygen atoms in total. The molecule has 9 heteroatoms. The number of anilines is 2. The van der Waals surface area contributed by atoms with Crippen molar-refractivity contribution in [1.29, 1.82) is 0 Å². The number of carbonyl (C=O) groups is 1. The second kappa shape index (κ2) is 6.71. The van der Waals surface area contributed by atoms with Crippen molar-refractivity contribution in [3.8, 4) is 0 Å². The number of urea groups is 1. The number of sulfonamides is 1. The number of nitrogens with one attached hydrogen (secondary N) is 2. The molecule has 0 aliphatic carbocycles. The Morgan fingerprint density at radius 2 is 1.74 bits per heavy atom. The van der Waals surface area contributed by atoms with Gasteiger partial charge in [-0.2, -0.15) is 0 Å². The largest absolute Gasteiger partial charge is 0.323 e. The maximum atomic E-state index is 13.5. The van der Waals surface area contributed by atoms with E-state index in [0.717, 1.165) is 6.07 Å². The fourth-order valence-corrected chi connectivity index (χ4v) is 2.28. The Balaban J connectivity index is 2.08. The second-order valence-electron chi connectivity index (χ2n) is 4.60. The van der Waals surface area contributed by atoms with E-state index in [1.165, 1.54) is 36.4 Å². The number of carbonyl (C=O) groups excluding carboxylic acids is 1. The summed E-state index contributed by atoms with van der Waals surface area (Å²) in [6.45, 7) is -0.786. The van der Waals surface area contributed by atoms with Crippen LogP contribution in [0, 0.1) is 5.82 Å². The Morgan fingerprint density at radius 3 is 2.30 bits per heavy atom. The number of nitrogens with two attached hydrogens (primary N) is 1. The predicted molar refractivity (Wildman–Crippen MR) is 81.7 cm³/mol. The first-order chi connectivity index (χ1) is 10.8. The third kappa shape index (κ3) is 4.47. The highest BCUT2D eigenvalue weighted by molar-refractivity contribution is 7.89. The molecule has 2 amide bonds. The van der Waals surface area contributed by atoms with Gasteiger partial charge in [0.05, 0.1) is 10.6 Å². The van der Waals surface area contributed by atoms with Crippen LogP contribution in [0.4, 0.5) is 25.0 Å². The summed E-state index contributed by atoms with van der Waals surface area (Å²) in [5.41, 5.74) is 0.329. The molecule has 0 aliphatic rings. The number of hydrogen-bond acceptors (Lipinski definition) is 3. The van der Waals surface area contributed by atoms with E-state index in [-0.39, 0.29) is 21.8 Å². The number of halogens is 2. The molecule has 4 N–H and O–H groups in total. The van der Waals surface area contributed by atoms with E-state index in [0.29, 0.717) is 0 Å². The maximum Gasteiger partial charge on any atom is 0.323 e. The zero-order chi connectivity index (χ0) is 17.0. The van der Waals surface area contributed by atoms with Gasteiger partial charge in [0.15, 0.2) is 0 Å². The highest BCUT2D eigenvalue weighted by Gasteiger charge is 2.10. The molecule has 0 unspecified atom stereocenters. The predicted octanol–water partition coefficient (Wildman–Crippen LogP) is 2.59. The lowest BCUT2D eigenvalue weighted by molar-refractivity contribution is 0.262. The summed E-state index contributed by atoms with van der Waals surface area (Å²) in [5, 5.41) is 9.59. The van der Waals surface area contributed by atoms with Gasteiger partial charge in [-0.25, -0.2) is 27.1 Å². The number of amides is 2. The first-order valence-corrected chi connectivity index (χ1v) is 7.89. The van der Waals surface area contributed by atoms with E-state index < -0.39 is 28.5 Å². The van der Waals surface area contributed by atoms with E-state index in [1.807, 2.05) is 0 Å². The topological polar surface area (TPSA) is 101 Å². The van der Waals surface area contributed by atoms with Crippen molar-refractivity contribution in [3.05, 3.63) is 53.8 Å². The van der Waals surface area contributed by atoms with Crippen LogP contribution in [0.25, 0.3) is 0 Å². The third-order valence-corrected chi connectivity index (χ3v) is 3.80. The minimum Gasteiger partial charge on any atom is -0.308 e. The lowest BCUT2D eigenvalue weighted by atomic mass is 10.2. The molecular weight excluding hydrogens is 328 g/mol. The lowest BCUT2D eigenvalue weighted by Gasteiger charge is -2.09. The van der Waals surface area contributed by atoms with Crippen molar-refractivity contribution >= 4 is 27.4 Å². The minimum atomic E-state index is -3.82. The highest BCUT2D eigenvalue weighted by atomic mass is 32.2. The summed E-state index contributed by atoms with van der Waals surface area (Å²) in [7, 11) is -3.82. The summed E-state index contributed by atoms with van der Waals surface area (Å²) in [6.07, 6.45) is 0. The van der Waals surface area contributed by atoms with Crippen LogP contribution in [0.2, 0.25) is 0 Å². The van der Waals surface area contributed by atoms with Gasteiger partial charge in [-0.05, 0) is 42.0 Å². The van der Waals surface area contributed by atoms with Gasteiger partial charge >= 0.3 is 6.03 Å². The first-order valence-electron chi connectivity index (χ1n) is 6.35. The monoisotopic (exact) mass is 341 g/mol. The van der Waals surface area contributed by atoms with E-state index in [9.17, 15) is 22.0 Å². The van der Waals surface area contributed by atoms with Crippen molar-refractivity contribution in [2.24, 2.45) is 5.14 Å². The van der Waals surface area contributed by atoms with E-state index >= 15 is 0 Å². The van der Waals surface area contributed by atoms with E-state index in [1.54, 1.807) is 0 Å². The molecule has 0 aliphatic heterocycles. The molecule has 0 spiro atoms. The Labute approximate surface area is 131 Å². The van der Waals surface area contributed by atoms with Gasteiger partial charge in [0, 0.05) is 5.69 Å². The number of rotatable bonds is 4. The Bertz CT molecular complexity index is 824. The quantitative estimate of drug-likeness (QED) is 0.796. The van der Waals surface area contributed by atoms with Crippen LogP contribution in [-0.2, 0) is 16.7 Å². The van der Waals surface area contributed by atoms with Crippen LogP contribution >= 0.6 is 0 Å².